The highest BCUT2D eigenvalue weighted by Gasteiger charge is 2.55. The number of rotatable bonds is 1. The lowest BCUT2D eigenvalue weighted by Crippen LogP contribution is -2.31. The van der Waals surface area contributed by atoms with E-state index >= 15 is 0 Å². The molecule has 0 amide bonds. The zero-order valence-electron chi connectivity index (χ0n) is 6.39. The van der Waals surface area contributed by atoms with Gasteiger partial charge in [-0.25, -0.2) is 8.78 Å². The fourth-order valence-electron chi connectivity index (χ4n) is 2.61. The molecule has 2 fully saturated rings. The first-order chi connectivity index (χ1) is 5.13. The third kappa shape index (κ3) is 0.975. The van der Waals surface area contributed by atoms with Crippen molar-refractivity contribution in [2.24, 2.45) is 23.5 Å². The molecule has 11 heavy (non-hydrogen) atoms. The molecule has 1 nitrogen and oxygen atoms in total. The van der Waals surface area contributed by atoms with Crippen LogP contribution in [-0.4, -0.2) is 12.5 Å². The molecule has 3 atom stereocenters. The summed E-state index contributed by atoms with van der Waals surface area (Å²) in [5, 5.41) is 0. The molecule has 0 aromatic heterocycles. The van der Waals surface area contributed by atoms with Crippen LogP contribution in [0.4, 0.5) is 8.78 Å². The summed E-state index contributed by atoms with van der Waals surface area (Å²) in [5.74, 6) is -2.10. The normalized spacial score (nSPS) is 46.6. The molecular formula is C8H13F2N. The Kier molecular flexibility index (Phi) is 1.46. The van der Waals surface area contributed by atoms with Gasteiger partial charge in [0.1, 0.15) is 0 Å². The highest BCUT2D eigenvalue weighted by molar-refractivity contribution is 4.99. The third-order valence-electron chi connectivity index (χ3n) is 3.28. The van der Waals surface area contributed by atoms with Gasteiger partial charge in [0.2, 0.25) is 0 Å². The van der Waals surface area contributed by atoms with Gasteiger partial charge in [0.25, 0.3) is 5.92 Å². The maximum Gasteiger partial charge on any atom is 0.251 e. The summed E-state index contributed by atoms with van der Waals surface area (Å²) in [7, 11) is 0. The standard InChI is InChI=1S/C8H13F2N/c9-8(10)3-5-1-7(8)2-6(5)4-11/h5-7H,1-4,11H2/t5-,6+,7-/m1/s1. The van der Waals surface area contributed by atoms with Crippen LogP contribution in [0.15, 0.2) is 0 Å². The molecule has 0 aromatic rings. The minimum atomic E-state index is -2.36. The number of nitrogens with two attached hydrogens (primary N) is 1. The summed E-state index contributed by atoms with van der Waals surface area (Å²) in [6, 6.07) is 0. The fraction of sp³-hybridized carbons (Fsp3) is 1.00. The van der Waals surface area contributed by atoms with Crippen LogP contribution >= 0.6 is 0 Å². The van der Waals surface area contributed by atoms with Gasteiger partial charge in [0.15, 0.2) is 0 Å². The molecule has 2 saturated carbocycles. The predicted octanol–water partition coefficient (Wildman–Crippen LogP) is 1.63. The summed E-state index contributed by atoms with van der Waals surface area (Å²) in [5.41, 5.74) is 5.46. The van der Waals surface area contributed by atoms with Crippen molar-refractivity contribution in [2.75, 3.05) is 6.54 Å². The molecule has 2 N–H and O–H groups in total. The summed E-state index contributed by atoms with van der Waals surface area (Å²) >= 11 is 0. The lowest BCUT2D eigenvalue weighted by molar-refractivity contribution is -0.0601. The molecular weight excluding hydrogens is 148 g/mol. The van der Waals surface area contributed by atoms with E-state index in [1.54, 1.807) is 0 Å². The average molecular weight is 161 g/mol. The van der Waals surface area contributed by atoms with Gasteiger partial charge < -0.3 is 5.73 Å². The van der Waals surface area contributed by atoms with E-state index in [-0.39, 0.29) is 18.3 Å². The molecule has 2 aliphatic carbocycles. The third-order valence-corrected chi connectivity index (χ3v) is 3.28. The minimum absolute atomic E-state index is 0.0968. The lowest BCUT2D eigenvalue weighted by atomic mass is 9.87. The second-order valence-electron chi connectivity index (χ2n) is 3.89. The fourth-order valence-corrected chi connectivity index (χ4v) is 2.61. The molecule has 0 aliphatic heterocycles. The first kappa shape index (κ1) is 7.47. The van der Waals surface area contributed by atoms with Gasteiger partial charge in [0.05, 0.1) is 0 Å². The van der Waals surface area contributed by atoms with Crippen LogP contribution in [0.25, 0.3) is 0 Å². The van der Waals surface area contributed by atoms with Gasteiger partial charge in [-0.2, -0.15) is 0 Å². The topological polar surface area (TPSA) is 26.0 Å². The van der Waals surface area contributed by atoms with Crippen LogP contribution in [0.3, 0.4) is 0 Å². The van der Waals surface area contributed by atoms with Gasteiger partial charge in [0, 0.05) is 12.3 Å². The van der Waals surface area contributed by atoms with E-state index in [1.165, 1.54) is 0 Å². The number of alkyl halides is 2. The number of hydrogen-bond acceptors (Lipinski definition) is 1. The highest BCUT2D eigenvalue weighted by atomic mass is 19.3. The number of fused-ring (bicyclic) bond motifs is 2. The van der Waals surface area contributed by atoms with Crippen LogP contribution in [0.2, 0.25) is 0 Å². The van der Waals surface area contributed by atoms with Crippen LogP contribution in [0, 0.1) is 17.8 Å². The van der Waals surface area contributed by atoms with Crippen molar-refractivity contribution >= 4 is 0 Å². The van der Waals surface area contributed by atoms with Crippen molar-refractivity contribution in [1.29, 1.82) is 0 Å². The Morgan fingerprint density at radius 3 is 2.45 bits per heavy atom. The lowest BCUT2D eigenvalue weighted by Gasteiger charge is -2.26. The molecule has 0 aromatic carbocycles. The van der Waals surface area contributed by atoms with Gasteiger partial charge in [-0.1, -0.05) is 0 Å². The molecule has 0 heterocycles. The van der Waals surface area contributed by atoms with Crippen LogP contribution < -0.4 is 5.73 Å². The van der Waals surface area contributed by atoms with E-state index in [9.17, 15) is 8.78 Å². The maximum atomic E-state index is 12.9. The van der Waals surface area contributed by atoms with E-state index < -0.39 is 5.92 Å². The van der Waals surface area contributed by atoms with Gasteiger partial charge in [-0.05, 0) is 31.2 Å². The Balaban J connectivity index is 2.08. The van der Waals surface area contributed by atoms with Crippen molar-refractivity contribution in [3.05, 3.63) is 0 Å². The monoisotopic (exact) mass is 161 g/mol. The van der Waals surface area contributed by atoms with Crippen molar-refractivity contribution in [3.8, 4) is 0 Å². The average Bonchev–Trinajstić information content (AvgIpc) is 2.41. The first-order valence-corrected chi connectivity index (χ1v) is 4.21. The molecule has 2 aliphatic rings. The number of hydrogen-bond donors (Lipinski definition) is 1. The second-order valence-corrected chi connectivity index (χ2v) is 3.89. The summed E-state index contributed by atoms with van der Waals surface area (Å²) in [4.78, 5) is 0. The van der Waals surface area contributed by atoms with Crippen LogP contribution in [0.1, 0.15) is 19.3 Å². The van der Waals surface area contributed by atoms with Crippen molar-refractivity contribution in [3.63, 3.8) is 0 Å². The van der Waals surface area contributed by atoms with Crippen molar-refractivity contribution in [2.45, 2.75) is 25.2 Å². The molecule has 0 radical (unpaired) electrons. The van der Waals surface area contributed by atoms with E-state index in [0.717, 1.165) is 6.42 Å². The summed E-state index contributed by atoms with van der Waals surface area (Å²) in [6.07, 6.45) is 1.47. The molecule has 0 saturated heterocycles. The minimum Gasteiger partial charge on any atom is -0.330 e. The van der Waals surface area contributed by atoms with Crippen LogP contribution in [0.5, 0.6) is 0 Å². The predicted molar refractivity (Wildman–Crippen MR) is 38.3 cm³/mol. The Morgan fingerprint density at radius 2 is 2.09 bits per heavy atom. The smallest absolute Gasteiger partial charge is 0.251 e. The van der Waals surface area contributed by atoms with E-state index in [0.29, 0.717) is 18.9 Å². The Hall–Kier alpha value is -0.180. The SMILES string of the molecule is NC[C@@H]1C[C@H]2C[C@@H]1CC2(F)F. The Labute approximate surface area is 65.0 Å². The summed E-state index contributed by atoms with van der Waals surface area (Å²) < 4.78 is 25.8. The maximum absolute atomic E-state index is 12.9. The van der Waals surface area contributed by atoms with Gasteiger partial charge in [-0.3, -0.25) is 0 Å². The molecule has 64 valence electrons. The largest absolute Gasteiger partial charge is 0.330 e. The van der Waals surface area contributed by atoms with E-state index in [4.69, 9.17) is 5.73 Å². The molecule has 0 unspecified atom stereocenters. The molecule has 2 rings (SSSR count). The van der Waals surface area contributed by atoms with Gasteiger partial charge >= 0.3 is 0 Å². The first-order valence-electron chi connectivity index (χ1n) is 4.21. The zero-order chi connectivity index (χ0) is 8.06. The quantitative estimate of drug-likeness (QED) is 0.621. The van der Waals surface area contributed by atoms with Crippen LogP contribution in [-0.2, 0) is 0 Å². The molecule has 3 heteroatoms. The Bertz CT molecular complexity index is 169. The molecule has 2 bridgehead atoms. The van der Waals surface area contributed by atoms with E-state index in [1.807, 2.05) is 0 Å². The Morgan fingerprint density at radius 1 is 1.36 bits per heavy atom. The number of halogens is 2. The molecule has 0 spiro atoms. The van der Waals surface area contributed by atoms with E-state index in [2.05, 4.69) is 0 Å². The summed E-state index contributed by atoms with van der Waals surface area (Å²) in [6.45, 7) is 0.594. The van der Waals surface area contributed by atoms with Gasteiger partial charge in [-0.15, -0.1) is 0 Å². The van der Waals surface area contributed by atoms with Crippen molar-refractivity contribution < 1.29 is 8.78 Å². The highest BCUT2D eigenvalue weighted by Crippen LogP contribution is 2.55. The second kappa shape index (κ2) is 2.16. The zero-order valence-corrected chi connectivity index (χ0v) is 6.39. The van der Waals surface area contributed by atoms with Crippen molar-refractivity contribution in [1.82, 2.24) is 0 Å².